The molecule has 0 aliphatic rings. The molecule has 0 aromatic carbocycles. The molecule has 0 bridgehead atoms. The molecule has 1 N–H and O–H groups in total. The summed E-state index contributed by atoms with van der Waals surface area (Å²) < 4.78 is 11.7. The van der Waals surface area contributed by atoms with Crippen molar-refractivity contribution in [3.63, 3.8) is 0 Å². The van der Waals surface area contributed by atoms with E-state index in [-0.39, 0.29) is 11.2 Å². The van der Waals surface area contributed by atoms with Crippen molar-refractivity contribution in [2.75, 3.05) is 26.8 Å². The molecule has 3 nitrogen and oxygen atoms in total. The number of likely N-dealkylation sites (N-methyl/N-ethyl adjacent to an activating group) is 1. The minimum Gasteiger partial charge on any atom is -0.375 e. The standard InChI is InChI=1S/C14H31NO2/c1-7-8-13(2,3)16-11-9-14(4,5)17-12-10-15-6/h15H,7-12H2,1-6H3. The van der Waals surface area contributed by atoms with E-state index in [1.807, 2.05) is 7.05 Å². The smallest absolute Gasteiger partial charge is 0.0649 e. The second-order valence-electron chi connectivity index (χ2n) is 5.82. The molecule has 0 spiro atoms. The third-order valence-corrected chi connectivity index (χ3v) is 2.89. The van der Waals surface area contributed by atoms with Crippen LogP contribution in [0.3, 0.4) is 0 Å². The summed E-state index contributed by atoms with van der Waals surface area (Å²) in [7, 11) is 1.94. The van der Waals surface area contributed by atoms with E-state index in [0.717, 1.165) is 39.0 Å². The van der Waals surface area contributed by atoms with Crippen molar-refractivity contribution in [2.45, 2.75) is 65.1 Å². The van der Waals surface area contributed by atoms with Gasteiger partial charge in [0.1, 0.15) is 0 Å². The van der Waals surface area contributed by atoms with Crippen LogP contribution in [0.1, 0.15) is 53.9 Å². The molecule has 0 aromatic heterocycles. The highest BCUT2D eigenvalue weighted by atomic mass is 16.5. The van der Waals surface area contributed by atoms with Crippen LogP contribution in [0.25, 0.3) is 0 Å². The quantitative estimate of drug-likeness (QED) is 0.600. The molecule has 0 aliphatic heterocycles. The van der Waals surface area contributed by atoms with Crippen LogP contribution >= 0.6 is 0 Å². The van der Waals surface area contributed by atoms with Crippen molar-refractivity contribution in [1.82, 2.24) is 5.32 Å². The van der Waals surface area contributed by atoms with Crippen LogP contribution in [0.2, 0.25) is 0 Å². The lowest BCUT2D eigenvalue weighted by Crippen LogP contribution is -2.32. The highest BCUT2D eigenvalue weighted by Crippen LogP contribution is 2.20. The second-order valence-corrected chi connectivity index (χ2v) is 5.82. The predicted octanol–water partition coefficient (Wildman–Crippen LogP) is 2.99. The number of ether oxygens (including phenoxy) is 2. The Balaban J connectivity index is 3.77. The van der Waals surface area contributed by atoms with Crippen molar-refractivity contribution in [3.8, 4) is 0 Å². The summed E-state index contributed by atoms with van der Waals surface area (Å²) in [6.45, 7) is 13.2. The molecule has 0 aromatic rings. The zero-order chi connectivity index (χ0) is 13.4. The van der Waals surface area contributed by atoms with Gasteiger partial charge in [0, 0.05) is 6.54 Å². The summed E-state index contributed by atoms with van der Waals surface area (Å²) in [6, 6.07) is 0. The normalized spacial score (nSPS) is 13.1. The molecule has 17 heavy (non-hydrogen) atoms. The van der Waals surface area contributed by atoms with Crippen molar-refractivity contribution in [1.29, 1.82) is 0 Å². The van der Waals surface area contributed by atoms with Gasteiger partial charge in [-0.25, -0.2) is 0 Å². The highest BCUT2D eigenvalue weighted by molar-refractivity contribution is 4.72. The summed E-state index contributed by atoms with van der Waals surface area (Å²) in [4.78, 5) is 0. The summed E-state index contributed by atoms with van der Waals surface area (Å²) in [6.07, 6.45) is 3.20. The molecule has 0 heterocycles. The maximum Gasteiger partial charge on any atom is 0.0649 e. The average molecular weight is 245 g/mol. The molecule has 104 valence electrons. The van der Waals surface area contributed by atoms with E-state index in [9.17, 15) is 0 Å². The van der Waals surface area contributed by atoms with Gasteiger partial charge in [0.05, 0.1) is 24.4 Å². The first-order chi connectivity index (χ1) is 7.83. The molecule has 0 atom stereocenters. The van der Waals surface area contributed by atoms with Crippen LogP contribution in [0.5, 0.6) is 0 Å². The molecule has 0 fully saturated rings. The van der Waals surface area contributed by atoms with Gasteiger partial charge in [-0.15, -0.1) is 0 Å². The van der Waals surface area contributed by atoms with E-state index in [4.69, 9.17) is 9.47 Å². The van der Waals surface area contributed by atoms with Crippen LogP contribution in [0.15, 0.2) is 0 Å². The Kier molecular flexibility index (Phi) is 8.01. The zero-order valence-electron chi connectivity index (χ0n) is 12.6. The topological polar surface area (TPSA) is 30.5 Å². The molecule has 0 unspecified atom stereocenters. The molecular formula is C14H31NO2. The lowest BCUT2D eigenvalue weighted by atomic mass is 10.0. The Hall–Kier alpha value is -0.120. The molecule has 3 heteroatoms. The van der Waals surface area contributed by atoms with E-state index in [1.54, 1.807) is 0 Å². The Morgan fingerprint density at radius 3 is 1.94 bits per heavy atom. The lowest BCUT2D eigenvalue weighted by Gasteiger charge is -2.29. The number of rotatable bonds is 10. The van der Waals surface area contributed by atoms with E-state index < -0.39 is 0 Å². The van der Waals surface area contributed by atoms with E-state index in [0.29, 0.717) is 0 Å². The molecule has 0 saturated heterocycles. The predicted molar refractivity (Wildman–Crippen MR) is 73.5 cm³/mol. The first kappa shape index (κ1) is 16.9. The Morgan fingerprint density at radius 1 is 0.882 bits per heavy atom. The van der Waals surface area contributed by atoms with E-state index in [1.165, 1.54) is 0 Å². The molecule has 0 saturated carbocycles. The molecular weight excluding hydrogens is 214 g/mol. The lowest BCUT2D eigenvalue weighted by molar-refractivity contribution is -0.0733. The van der Waals surface area contributed by atoms with Gasteiger partial charge in [0.25, 0.3) is 0 Å². The van der Waals surface area contributed by atoms with Crippen LogP contribution in [0, 0.1) is 0 Å². The molecule has 0 aliphatic carbocycles. The number of nitrogens with one attached hydrogen (secondary N) is 1. The van der Waals surface area contributed by atoms with Crippen molar-refractivity contribution < 1.29 is 9.47 Å². The van der Waals surface area contributed by atoms with Gasteiger partial charge < -0.3 is 14.8 Å². The minimum atomic E-state index is -0.0981. The molecule has 0 amide bonds. The van der Waals surface area contributed by atoms with Gasteiger partial charge in [0.15, 0.2) is 0 Å². The maximum absolute atomic E-state index is 5.92. The fraction of sp³-hybridized carbons (Fsp3) is 1.00. The van der Waals surface area contributed by atoms with Gasteiger partial charge in [-0.05, 0) is 47.6 Å². The monoisotopic (exact) mass is 245 g/mol. The summed E-state index contributed by atoms with van der Waals surface area (Å²) in [5.41, 5.74) is -0.102. The summed E-state index contributed by atoms with van der Waals surface area (Å²) >= 11 is 0. The average Bonchev–Trinajstić information content (AvgIpc) is 2.16. The number of hydrogen-bond donors (Lipinski definition) is 1. The first-order valence-electron chi connectivity index (χ1n) is 6.75. The highest BCUT2D eigenvalue weighted by Gasteiger charge is 2.21. The SMILES string of the molecule is CCCC(C)(C)OCCC(C)(C)OCCNC. The Labute approximate surface area is 107 Å². The van der Waals surface area contributed by atoms with Gasteiger partial charge in [-0.3, -0.25) is 0 Å². The van der Waals surface area contributed by atoms with Gasteiger partial charge >= 0.3 is 0 Å². The second kappa shape index (κ2) is 8.06. The fourth-order valence-electron chi connectivity index (χ4n) is 1.75. The van der Waals surface area contributed by atoms with Gasteiger partial charge in [-0.2, -0.15) is 0 Å². The zero-order valence-corrected chi connectivity index (χ0v) is 12.6. The fourth-order valence-corrected chi connectivity index (χ4v) is 1.75. The first-order valence-corrected chi connectivity index (χ1v) is 6.75. The Morgan fingerprint density at radius 2 is 1.41 bits per heavy atom. The molecule has 0 rings (SSSR count). The van der Waals surface area contributed by atoms with Crippen LogP contribution in [0.4, 0.5) is 0 Å². The Bertz CT molecular complexity index is 191. The van der Waals surface area contributed by atoms with Gasteiger partial charge in [0.2, 0.25) is 0 Å². The minimum absolute atomic E-state index is 0.00416. The van der Waals surface area contributed by atoms with Crippen LogP contribution < -0.4 is 5.32 Å². The van der Waals surface area contributed by atoms with Crippen molar-refractivity contribution in [2.24, 2.45) is 0 Å². The summed E-state index contributed by atoms with van der Waals surface area (Å²) in [5.74, 6) is 0. The van der Waals surface area contributed by atoms with Crippen LogP contribution in [-0.2, 0) is 9.47 Å². The van der Waals surface area contributed by atoms with Crippen LogP contribution in [-0.4, -0.2) is 38.0 Å². The van der Waals surface area contributed by atoms with E-state index >= 15 is 0 Å². The number of hydrogen-bond acceptors (Lipinski definition) is 3. The largest absolute Gasteiger partial charge is 0.375 e. The summed E-state index contributed by atoms with van der Waals surface area (Å²) in [5, 5.41) is 3.08. The maximum atomic E-state index is 5.92. The molecule has 0 radical (unpaired) electrons. The van der Waals surface area contributed by atoms with Crippen molar-refractivity contribution >= 4 is 0 Å². The van der Waals surface area contributed by atoms with E-state index in [2.05, 4.69) is 39.9 Å². The third-order valence-electron chi connectivity index (χ3n) is 2.89. The van der Waals surface area contributed by atoms with Gasteiger partial charge in [-0.1, -0.05) is 13.3 Å². The third kappa shape index (κ3) is 9.57. The van der Waals surface area contributed by atoms with Crippen molar-refractivity contribution in [3.05, 3.63) is 0 Å².